The molecule has 1 atom stereocenters. The third-order valence-electron chi connectivity index (χ3n) is 3.61. The lowest BCUT2D eigenvalue weighted by Crippen LogP contribution is -2.43. The van der Waals surface area contributed by atoms with E-state index < -0.39 is 0 Å². The second-order valence-corrected chi connectivity index (χ2v) is 6.21. The topological polar surface area (TPSA) is 45.0 Å². The first-order valence-corrected chi connectivity index (χ1v) is 8.62. The Balaban J connectivity index is 2.46. The number of thioether (sulfide) groups is 1. The molecule has 1 N–H and O–H groups in total. The highest BCUT2D eigenvalue weighted by molar-refractivity contribution is 7.99. The van der Waals surface area contributed by atoms with E-state index in [1.165, 1.54) is 4.90 Å². The highest BCUT2D eigenvalue weighted by Gasteiger charge is 2.26. The molecule has 1 aromatic rings. The van der Waals surface area contributed by atoms with E-state index in [2.05, 4.69) is 31.3 Å². The summed E-state index contributed by atoms with van der Waals surface area (Å²) in [4.78, 5) is 1.17. The fourth-order valence-electron chi connectivity index (χ4n) is 2.22. The molecule has 1 unspecified atom stereocenters. The number of benzene rings is 1. The third-order valence-corrected chi connectivity index (χ3v) is 4.75. The summed E-state index contributed by atoms with van der Waals surface area (Å²) in [6.45, 7) is 5.11. The maximum atomic E-state index is 9.46. The van der Waals surface area contributed by atoms with Crippen molar-refractivity contribution < 1.29 is 4.74 Å². The van der Waals surface area contributed by atoms with Crippen LogP contribution in [0.2, 0.25) is 0 Å². The van der Waals surface area contributed by atoms with Crippen molar-refractivity contribution in [2.75, 3.05) is 19.4 Å². The molecule has 0 radical (unpaired) electrons. The van der Waals surface area contributed by atoms with Gasteiger partial charge in [0.1, 0.15) is 11.3 Å². The van der Waals surface area contributed by atoms with Crippen LogP contribution >= 0.6 is 11.8 Å². The van der Waals surface area contributed by atoms with Gasteiger partial charge >= 0.3 is 0 Å². The average molecular weight is 306 g/mol. The lowest BCUT2D eigenvalue weighted by Gasteiger charge is -2.26. The van der Waals surface area contributed by atoms with Gasteiger partial charge in [-0.2, -0.15) is 5.26 Å². The smallest absolute Gasteiger partial charge is 0.132 e. The Morgan fingerprint density at radius 3 is 2.71 bits per heavy atom. The summed E-state index contributed by atoms with van der Waals surface area (Å²) in [7, 11) is 1.70. The van der Waals surface area contributed by atoms with E-state index in [9.17, 15) is 5.26 Å². The molecule has 0 saturated carbocycles. The fraction of sp³-hybridized carbons (Fsp3) is 0.588. The molecule has 0 aliphatic heterocycles. The summed E-state index contributed by atoms with van der Waals surface area (Å²) in [5.74, 6) is 1.92. The Labute approximate surface area is 133 Å². The summed E-state index contributed by atoms with van der Waals surface area (Å²) < 4.78 is 5.35. The molecule has 3 nitrogen and oxygen atoms in total. The van der Waals surface area contributed by atoms with Crippen LogP contribution < -0.4 is 10.1 Å². The van der Waals surface area contributed by atoms with Crippen LogP contribution in [0, 0.1) is 11.3 Å². The van der Waals surface area contributed by atoms with Gasteiger partial charge in [-0.15, -0.1) is 11.8 Å². The molecule has 21 heavy (non-hydrogen) atoms. The molecule has 0 amide bonds. The van der Waals surface area contributed by atoms with Gasteiger partial charge < -0.3 is 4.74 Å². The molecule has 0 aliphatic rings. The molecule has 0 saturated heterocycles. The summed E-state index contributed by atoms with van der Waals surface area (Å²) >= 11 is 1.79. The summed E-state index contributed by atoms with van der Waals surface area (Å²) in [6, 6.07) is 10.5. The number of methoxy groups -OCH3 is 1. The van der Waals surface area contributed by atoms with Gasteiger partial charge in [-0.25, -0.2) is 0 Å². The van der Waals surface area contributed by atoms with Crippen LogP contribution in [0.15, 0.2) is 29.2 Å². The molecule has 4 heteroatoms. The molecule has 1 rings (SSSR count). The van der Waals surface area contributed by atoms with Gasteiger partial charge in [-0.1, -0.05) is 26.0 Å². The lowest BCUT2D eigenvalue weighted by molar-refractivity contribution is 0.371. The maximum Gasteiger partial charge on any atom is 0.132 e. The first-order chi connectivity index (χ1) is 10.2. The molecule has 116 valence electrons. The highest BCUT2D eigenvalue weighted by atomic mass is 32.2. The second-order valence-electron chi connectivity index (χ2n) is 5.08. The van der Waals surface area contributed by atoms with Crippen LogP contribution in [0.3, 0.4) is 0 Å². The number of hydrogen-bond acceptors (Lipinski definition) is 4. The zero-order chi connectivity index (χ0) is 15.6. The number of rotatable bonds is 10. The number of nitrogens with zero attached hydrogens (tertiary/aromatic N) is 1. The van der Waals surface area contributed by atoms with Gasteiger partial charge in [0.25, 0.3) is 0 Å². The zero-order valence-electron chi connectivity index (χ0n) is 13.3. The third kappa shape index (κ3) is 5.61. The van der Waals surface area contributed by atoms with Crippen molar-refractivity contribution in [1.29, 1.82) is 5.26 Å². The van der Waals surface area contributed by atoms with Crippen molar-refractivity contribution in [1.82, 2.24) is 5.32 Å². The minimum atomic E-state index is -0.364. The number of para-hydroxylation sites is 1. The van der Waals surface area contributed by atoms with Gasteiger partial charge in [0.15, 0.2) is 0 Å². The highest BCUT2D eigenvalue weighted by Crippen LogP contribution is 2.30. The van der Waals surface area contributed by atoms with Crippen LogP contribution in [-0.4, -0.2) is 24.9 Å². The van der Waals surface area contributed by atoms with Crippen LogP contribution in [0.5, 0.6) is 5.75 Å². The van der Waals surface area contributed by atoms with E-state index >= 15 is 0 Å². The predicted molar refractivity (Wildman–Crippen MR) is 89.9 cm³/mol. The molecular weight excluding hydrogens is 280 g/mol. The summed E-state index contributed by atoms with van der Waals surface area (Å²) in [5, 5.41) is 12.9. The molecule has 0 aromatic heterocycles. The normalized spacial score (nSPS) is 13.4. The summed E-state index contributed by atoms with van der Waals surface area (Å²) in [5.41, 5.74) is -0.364. The SMILES string of the molecule is CCCNC(C#N)(CC)CCCSc1ccccc1OC. The molecule has 1 aromatic carbocycles. The largest absolute Gasteiger partial charge is 0.496 e. The number of nitriles is 1. The van der Waals surface area contributed by atoms with Gasteiger partial charge in [0, 0.05) is 4.90 Å². The van der Waals surface area contributed by atoms with E-state index in [0.717, 1.165) is 43.7 Å². The van der Waals surface area contributed by atoms with Gasteiger partial charge in [0.05, 0.1) is 13.2 Å². The Bertz CT molecular complexity index is 458. The first-order valence-electron chi connectivity index (χ1n) is 7.63. The molecule has 0 bridgehead atoms. The molecule has 0 spiro atoms. The quantitative estimate of drug-likeness (QED) is 0.519. The number of hydrogen-bond donors (Lipinski definition) is 1. The fourth-order valence-corrected chi connectivity index (χ4v) is 3.20. The standard InChI is InChI=1S/C17H26N2OS/c1-4-12-19-17(5-2,14-18)11-8-13-21-16-10-7-6-9-15(16)20-3/h6-7,9-10,19H,4-5,8,11-13H2,1-3H3. The van der Waals surface area contributed by atoms with Gasteiger partial charge in [-0.05, 0) is 50.1 Å². The minimum Gasteiger partial charge on any atom is -0.496 e. The summed E-state index contributed by atoms with van der Waals surface area (Å²) in [6.07, 6.45) is 3.81. The minimum absolute atomic E-state index is 0.364. The number of ether oxygens (including phenoxy) is 1. The Morgan fingerprint density at radius 1 is 1.33 bits per heavy atom. The van der Waals surface area contributed by atoms with Gasteiger partial charge in [-0.3, -0.25) is 5.32 Å². The van der Waals surface area contributed by atoms with Gasteiger partial charge in [0.2, 0.25) is 0 Å². The van der Waals surface area contributed by atoms with Crippen LogP contribution in [-0.2, 0) is 0 Å². The monoisotopic (exact) mass is 306 g/mol. The van der Waals surface area contributed by atoms with Crippen LogP contribution in [0.4, 0.5) is 0 Å². The Morgan fingerprint density at radius 2 is 2.10 bits per heavy atom. The second kappa shape index (κ2) is 9.70. The van der Waals surface area contributed by atoms with E-state index in [1.54, 1.807) is 18.9 Å². The Hall–Kier alpha value is -1.18. The number of nitrogens with one attached hydrogen (secondary N) is 1. The first kappa shape index (κ1) is 17.9. The lowest BCUT2D eigenvalue weighted by atomic mass is 9.92. The van der Waals surface area contributed by atoms with Crippen molar-refractivity contribution in [2.24, 2.45) is 0 Å². The maximum absolute atomic E-state index is 9.46. The van der Waals surface area contributed by atoms with E-state index in [1.807, 2.05) is 18.2 Å². The van der Waals surface area contributed by atoms with E-state index in [-0.39, 0.29) is 5.54 Å². The zero-order valence-corrected chi connectivity index (χ0v) is 14.1. The van der Waals surface area contributed by atoms with Crippen LogP contribution in [0.1, 0.15) is 39.5 Å². The molecule has 0 fully saturated rings. The van der Waals surface area contributed by atoms with Crippen molar-refractivity contribution in [3.05, 3.63) is 24.3 Å². The molecule has 0 heterocycles. The van der Waals surface area contributed by atoms with Crippen molar-refractivity contribution in [2.45, 2.75) is 50.0 Å². The predicted octanol–water partition coefficient (Wildman–Crippen LogP) is 4.24. The molecular formula is C17H26N2OS. The molecule has 0 aliphatic carbocycles. The van der Waals surface area contributed by atoms with Crippen molar-refractivity contribution in [3.8, 4) is 11.8 Å². The Kier molecular flexibility index (Phi) is 8.26. The average Bonchev–Trinajstić information content (AvgIpc) is 2.55. The van der Waals surface area contributed by atoms with Crippen LogP contribution in [0.25, 0.3) is 0 Å². The van der Waals surface area contributed by atoms with E-state index in [4.69, 9.17) is 4.74 Å². The van der Waals surface area contributed by atoms with Crippen molar-refractivity contribution in [3.63, 3.8) is 0 Å². The van der Waals surface area contributed by atoms with E-state index in [0.29, 0.717) is 0 Å². The van der Waals surface area contributed by atoms with Crippen molar-refractivity contribution >= 4 is 11.8 Å².